The molecule has 0 radical (unpaired) electrons. The minimum atomic E-state index is -0.301. The van der Waals surface area contributed by atoms with Crippen molar-refractivity contribution in [2.45, 2.75) is 57.8 Å². The molecule has 0 spiro atoms. The maximum atomic E-state index is 13.3. The minimum Gasteiger partial charge on any atom is -0.396 e. The number of aliphatic hydroxyl groups is 1. The predicted octanol–water partition coefficient (Wildman–Crippen LogP) is 8.61. The summed E-state index contributed by atoms with van der Waals surface area (Å²) in [5.41, 5.74) is 8.70. The van der Waals surface area contributed by atoms with Crippen molar-refractivity contribution in [1.29, 1.82) is 10.5 Å². The zero-order valence-electron chi connectivity index (χ0n) is 43.5. The van der Waals surface area contributed by atoms with Crippen LogP contribution in [-0.4, -0.2) is 126 Å². The maximum Gasteiger partial charge on any atom is 0.257 e. The van der Waals surface area contributed by atoms with E-state index in [1.165, 1.54) is 17.3 Å². The first-order valence-electron chi connectivity index (χ1n) is 26.0. The van der Waals surface area contributed by atoms with Crippen LogP contribution in [0.15, 0.2) is 122 Å². The Bertz CT molecular complexity index is 3060. The fraction of sp³-hybridized carbons (Fsp3) is 0.333. The van der Waals surface area contributed by atoms with Gasteiger partial charge in [0.15, 0.2) is 0 Å². The first-order chi connectivity index (χ1) is 36.9. The molecule has 0 saturated carbocycles. The van der Waals surface area contributed by atoms with Gasteiger partial charge in [-0.2, -0.15) is 10.5 Å². The van der Waals surface area contributed by atoms with Gasteiger partial charge >= 0.3 is 0 Å². The Balaban J connectivity index is 0.000000202. The molecule has 2 aromatic heterocycles. The third kappa shape index (κ3) is 13.8. The van der Waals surface area contributed by atoms with Crippen molar-refractivity contribution in [3.8, 4) is 12.1 Å². The van der Waals surface area contributed by atoms with Gasteiger partial charge in [0.05, 0.1) is 34.4 Å². The lowest BCUT2D eigenvalue weighted by molar-refractivity contribution is 0.0705. The number of carbonyl (C=O) groups excluding carboxylic acids is 4. The molecular weight excluding hydrogens is 955 g/mol. The number of amides is 4. The number of likely N-dealkylation sites (N-methyl/N-ethyl adjacent to an activating group) is 1. The van der Waals surface area contributed by atoms with Crippen molar-refractivity contribution in [1.82, 2.24) is 24.7 Å². The molecule has 16 heteroatoms. The lowest BCUT2D eigenvalue weighted by Crippen LogP contribution is -2.44. The number of aromatic nitrogens is 2. The Labute approximate surface area is 445 Å². The zero-order chi connectivity index (χ0) is 53.6. The van der Waals surface area contributed by atoms with E-state index >= 15 is 0 Å². The second kappa shape index (κ2) is 25.7. The van der Waals surface area contributed by atoms with Crippen molar-refractivity contribution in [2.75, 3.05) is 93.4 Å². The molecule has 390 valence electrons. The van der Waals surface area contributed by atoms with E-state index in [4.69, 9.17) is 15.6 Å². The summed E-state index contributed by atoms with van der Waals surface area (Å²) in [6.07, 6.45) is 7.22. The Morgan fingerprint density at radius 1 is 0.579 bits per heavy atom. The van der Waals surface area contributed by atoms with E-state index in [9.17, 15) is 19.2 Å². The fourth-order valence-corrected chi connectivity index (χ4v) is 9.70. The van der Waals surface area contributed by atoms with Crippen molar-refractivity contribution in [3.63, 3.8) is 0 Å². The fourth-order valence-electron chi connectivity index (χ4n) is 9.70. The van der Waals surface area contributed by atoms with Gasteiger partial charge in [0.2, 0.25) is 0 Å². The average Bonchev–Trinajstić information content (AvgIpc) is 3.47. The van der Waals surface area contributed by atoms with Gasteiger partial charge in [-0.3, -0.25) is 19.2 Å². The Hall–Kier alpha value is -8.44. The van der Waals surface area contributed by atoms with Crippen LogP contribution in [0.5, 0.6) is 0 Å². The topological polar surface area (TPSA) is 211 Å². The molecule has 6 aromatic rings. The second-order valence-electron chi connectivity index (χ2n) is 19.7. The van der Waals surface area contributed by atoms with Crippen molar-refractivity contribution in [3.05, 3.63) is 177 Å². The molecule has 3 aliphatic rings. The molecule has 3 fully saturated rings. The van der Waals surface area contributed by atoms with E-state index in [0.717, 1.165) is 68.8 Å². The Kier molecular flexibility index (Phi) is 18.2. The van der Waals surface area contributed by atoms with E-state index in [2.05, 4.69) is 54.9 Å². The highest BCUT2D eigenvalue weighted by atomic mass is 16.3. The number of nitriles is 2. The smallest absolute Gasteiger partial charge is 0.257 e. The minimum absolute atomic E-state index is 0.0260. The molecule has 0 unspecified atom stereocenters. The maximum absolute atomic E-state index is 13.3. The highest BCUT2D eigenvalue weighted by Gasteiger charge is 2.27. The molecule has 4 amide bonds. The zero-order valence-corrected chi connectivity index (χ0v) is 43.5. The quantitative estimate of drug-likeness (QED) is 0.0802. The van der Waals surface area contributed by atoms with Crippen LogP contribution in [0.1, 0.15) is 119 Å². The number of rotatable bonds is 13. The summed E-state index contributed by atoms with van der Waals surface area (Å²) in [7, 11) is 2.11. The Morgan fingerprint density at radius 3 is 1.43 bits per heavy atom. The van der Waals surface area contributed by atoms with Crippen LogP contribution in [0, 0.1) is 36.5 Å². The molecule has 0 atom stereocenters. The predicted molar refractivity (Wildman–Crippen MR) is 295 cm³/mol. The molecule has 0 aliphatic carbocycles. The van der Waals surface area contributed by atoms with Gasteiger partial charge in [-0.1, -0.05) is 36.4 Å². The summed E-state index contributed by atoms with van der Waals surface area (Å²) in [4.78, 5) is 69.4. The number of likely N-dealkylation sites (tertiary alicyclic amines) is 2. The second-order valence-corrected chi connectivity index (χ2v) is 19.7. The third-order valence-corrected chi connectivity index (χ3v) is 14.6. The summed E-state index contributed by atoms with van der Waals surface area (Å²) >= 11 is 0. The van der Waals surface area contributed by atoms with Gasteiger partial charge < -0.3 is 40.7 Å². The molecule has 9 rings (SSSR count). The molecule has 4 N–H and O–H groups in total. The largest absolute Gasteiger partial charge is 0.396 e. The van der Waals surface area contributed by atoms with Crippen molar-refractivity contribution < 1.29 is 24.3 Å². The normalized spacial score (nSPS) is 15.1. The number of nitrogens with zero attached hydrogens (tertiary/aromatic N) is 8. The number of anilines is 4. The average molecular weight is 1020 g/mol. The summed E-state index contributed by atoms with van der Waals surface area (Å²) in [6.45, 7) is 11.0. The highest BCUT2D eigenvalue weighted by molar-refractivity contribution is 6.06. The number of nitrogens with one attached hydrogen (secondary N) is 3. The van der Waals surface area contributed by atoms with Crippen LogP contribution in [0.4, 0.5) is 23.0 Å². The molecule has 4 aromatic carbocycles. The highest BCUT2D eigenvalue weighted by Crippen LogP contribution is 2.31. The number of aliphatic hydroxyl groups excluding tert-OH is 1. The molecule has 0 bridgehead atoms. The van der Waals surface area contributed by atoms with Crippen molar-refractivity contribution in [2.24, 2.45) is 0 Å². The van der Waals surface area contributed by atoms with Crippen LogP contribution < -0.4 is 20.9 Å². The number of pyridine rings is 2. The van der Waals surface area contributed by atoms with Crippen LogP contribution in [-0.2, 0) is 0 Å². The van der Waals surface area contributed by atoms with Crippen LogP contribution >= 0.6 is 0 Å². The molecule has 5 heterocycles. The van der Waals surface area contributed by atoms with E-state index in [0.29, 0.717) is 102 Å². The third-order valence-electron chi connectivity index (χ3n) is 14.6. The Morgan fingerprint density at radius 2 is 1.03 bits per heavy atom. The van der Waals surface area contributed by atoms with Crippen molar-refractivity contribution >= 4 is 46.6 Å². The number of piperidine rings is 2. The lowest BCUT2D eigenvalue weighted by atomic mass is 9.89. The summed E-state index contributed by atoms with van der Waals surface area (Å²) < 4.78 is 0. The summed E-state index contributed by atoms with van der Waals surface area (Å²) in [6, 6.07) is 37.7. The number of hydrogen-bond donors (Lipinski definition) is 4. The van der Waals surface area contributed by atoms with E-state index in [1.807, 2.05) is 96.4 Å². The first-order valence-corrected chi connectivity index (χ1v) is 26.0. The lowest BCUT2D eigenvalue weighted by Gasteiger charge is -2.33. The molecule has 76 heavy (non-hydrogen) atoms. The van der Waals surface area contributed by atoms with E-state index in [1.54, 1.807) is 42.6 Å². The summed E-state index contributed by atoms with van der Waals surface area (Å²) in [5.74, 6) is 1.65. The van der Waals surface area contributed by atoms with E-state index in [-0.39, 0.29) is 30.2 Å². The van der Waals surface area contributed by atoms with Crippen LogP contribution in [0.3, 0.4) is 0 Å². The monoisotopic (exact) mass is 1020 g/mol. The first kappa shape index (κ1) is 53.8. The van der Waals surface area contributed by atoms with Gasteiger partial charge in [-0.15, -0.1) is 0 Å². The molecule has 3 saturated heterocycles. The van der Waals surface area contributed by atoms with E-state index < -0.39 is 0 Å². The molecule has 16 nitrogen and oxygen atoms in total. The number of carbonyl (C=O) groups is 4. The number of hydrogen-bond acceptors (Lipinski definition) is 12. The standard InChI is InChI=1S/C31H34N6O2.C29H31N5O3/c1-22-3-6-26(31(39)37-13-11-25(12-14-37)24-7-4-23(20-32)5-8-24)19-28(22)34-30(38)27-9-10-29(33-21-27)36-17-15-35(2)16-18-36;1-20-3-6-24(17-26(20)33-28(36)25-9-10-27(32-19-25)31-13-2-16-35)29(37)34-14-11-23(12-15-34)22-7-4-21(18-30)5-8-22/h3-10,19,21,25H,11-18H2,1-2H3,(H,34,38);3-10,17,19,23,35H,2,11-16H2,1H3,(H,31,32)(H,33,36). The van der Waals surface area contributed by atoms with Gasteiger partial charge in [-0.25, -0.2) is 9.97 Å². The summed E-state index contributed by atoms with van der Waals surface area (Å²) in [5, 5.41) is 35.9. The number of aryl methyl sites for hydroxylation is 2. The molecule has 3 aliphatic heterocycles. The number of piperazine rings is 1. The van der Waals surface area contributed by atoms with Crippen LogP contribution in [0.25, 0.3) is 0 Å². The number of benzene rings is 4. The SMILES string of the molecule is Cc1ccc(C(=O)N2CCC(c3ccc(C#N)cc3)CC2)cc1NC(=O)c1ccc(N2CCN(C)CC2)nc1.Cc1ccc(C(=O)N2CCC(c3ccc(C#N)cc3)CC2)cc1NC(=O)c1ccc(NCCCO)nc1. The van der Waals surface area contributed by atoms with Gasteiger partial charge in [0, 0.05) is 100 Å². The van der Waals surface area contributed by atoms with Gasteiger partial charge in [0.1, 0.15) is 11.6 Å². The van der Waals surface area contributed by atoms with Crippen LogP contribution in [0.2, 0.25) is 0 Å². The molecular formula is C60H65N11O5. The van der Waals surface area contributed by atoms with Gasteiger partial charge in [0.25, 0.3) is 23.6 Å². The van der Waals surface area contributed by atoms with Gasteiger partial charge in [-0.05, 0) is 160 Å².